The van der Waals surface area contributed by atoms with Crippen LogP contribution in [0.1, 0.15) is 46.2 Å². The standard InChI is InChI=1S/C16H24N2O.ClH/c1-10(17)11-6-8-12(9-7-11)18-14(19)13-15(2,3)16(13,4)5;/h6-10,13H,17H2,1-5H3,(H,18,19);1H. The van der Waals surface area contributed by atoms with Crippen molar-refractivity contribution in [3.8, 4) is 0 Å². The summed E-state index contributed by atoms with van der Waals surface area (Å²) in [6.45, 7) is 10.5. The van der Waals surface area contributed by atoms with Crippen LogP contribution in [0, 0.1) is 16.7 Å². The molecule has 0 radical (unpaired) electrons. The van der Waals surface area contributed by atoms with Gasteiger partial charge in [-0.1, -0.05) is 39.8 Å². The Morgan fingerprint density at radius 3 is 1.95 bits per heavy atom. The second-order valence-corrected chi connectivity index (χ2v) is 6.78. The summed E-state index contributed by atoms with van der Waals surface area (Å²) in [5.74, 6) is 0.191. The second-order valence-electron chi connectivity index (χ2n) is 6.78. The molecule has 2 rings (SSSR count). The van der Waals surface area contributed by atoms with Gasteiger partial charge in [0.1, 0.15) is 0 Å². The predicted molar refractivity (Wildman–Crippen MR) is 86.0 cm³/mol. The van der Waals surface area contributed by atoms with E-state index in [4.69, 9.17) is 5.73 Å². The van der Waals surface area contributed by atoms with Crippen molar-refractivity contribution in [2.24, 2.45) is 22.5 Å². The molecular formula is C16H25ClN2O. The van der Waals surface area contributed by atoms with Gasteiger partial charge in [-0.05, 0) is 35.4 Å². The zero-order chi connectivity index (χ0) is 14.4. The molecule has 1 aromatic rings. The minimum Gasteiger partial charge on any atom is -0.326 e. The van der Waals surface area contributed by atoms with Gasteiger partial charge in [-0.25, -0.2) is 0 Å². The fourth-order valence-corrected chi connectivity index (χ4v) is 2.94. The fraction of sp³-hybridized carbons (Fsp3) is 0.562. The van der Waals surface area contributed by atoms with Crippen LogP contribution in [-0.4, -0.2) is 5.91 Å². The number of carbonyl (C=O) groups excluding carboxylic acids is 1. The quantitative estimate of drug-likeness (QED) is 0.892. The summed E-state index contributed by atoms with van der Waals surface area (Å²) in [6, 6.07) is 7.77. The molecule has 0 aromatic heterocycles. The van der Waals surface area contributed by atoms with Gasteiger partial charge >= 0.3 is 0 Å². The third kappa shape index (κ3) is 2.70. The van der Waals surface area contributed by atoms with Crippen LogP contribution in [-0.2, 0) is 4.79 Å². The molecule has 1 atom stereocenters. The van der Waals surface area contributed by atoms with Crippen LogP contribution in [0.4, 0.5) is 5.69 Å². The molecule has 0 heterocycles. The highest BCUT2D eigenvalue weighted by atomic mass is 35.5. The van der Waals surface area contributed by atoms with E-state index in [1.807, 2.05) is 31.2 Å². The lowest BCUT2D eigenvalue weighted by molar-refractivity contribution is -0.118. The van der Waals surface area contributed by atoms with E-state index in [0.717, 1.165) is 11.3 Å². The molecule has 112 valence electrons. The molecule has 0 aliphatic heterocycles. The van der Waals surface area contributed by atoms with Gasteiger partial charge in [0.2, 0.25) is 5.91 Å². The normalized spacial score (nSPS) is 20.7. The average Bonchev–Trinajstić information content (AvgIpc) is 2.69. The Bertz CT molecular complexity index is 478. The number of anilines is 1. The molecule has 20 heavy (non-hydrogen) atoms. The first-order valence-electron chi connectivity index (χ1n) is 6.84. The minimum absolute atomic E-state index is 0. The van der Waals surface area contributed by atoms with E-state index < -0.39 is 0 Å². The van der Waals surface area contributed by atoms with E-state index in [2.05, 4.69) is 33.0 Å². The zero-order valence-corrected chi connectivity index (χ0v) is 13.7. The Kier molecular flexibility index (Phi) is 4.57. The number of nitrogens with one attached hydrogen (secondary N) is 1. The van der Waals surface area contributed by atoms with E-state index in [9.17, 15) is 4.79 Å². The first-order valence-corrected chi connectivity index (χ1v) is 6.84. The third-order valence-electron chi connectivity index (χ3n) is 4.99. The molecular weight excluding hydrogens is 272 g/mol. The smallest absolute Gasteiger partial charge is 0.228 e. The Morgan fingerprint density at radius 2 is 1.60 bits per heavy atom. The van der Waals surface area contributed by atoms with Crippen LogP contribution in [0.25, 0.3) is 0 Å². The predicted octanol–water partition coefficient (Wildman–Crippen LogP) is 3.75. The topological polar surface area (TPSA) is 55.1 Å². The highest BCUT2D eigenvalue weighted by Gasteiger charge is 2.68. The first kappa shape index (κ1) is 17.0. The summed E-state index contributed by atoms with van der Waals surface area (Å²) >= 11 is 0. The van der Waals surface area contributed by atoms with Crippen LogP contribution in [0.3, 0.4) is 0 Å². The van der Waals surface area contributed by atoms with E-state index in [1.54, 1.807) is 0 Å². The number of carbonyl (C=O) groups is 1. The van der Waals surface area contributed by atoms with Crippen LogP contribution in [0.2, 0.25) is 0 Å². The van der Waals surface area contributed by atoms with E-state index >= 15 is 0 Å². The lowest BCUT2D eigenvalue weighted by Gasteiger charge is -2.09. The third-order valence-corrected chi connectivity index (χ3v) is 4.99. The van der Waals surface area contributed by atoms with Crippen molar-refractivity contribution in [2.45, 2.75) is 40.7 Å². The molecule has 4 heteroatoms. The highest BCUT2D eigenvalue weighted by Crippen LogP contribution is 2.68. The summed E-state index contributed by atoms with van der Waals surface area (Å²) in [6.07, 6.45) is 0. The SMILES string of the molecule is CC(N)c1ccc(NC(=O)C2C(C)(C)C2(C)C)cc1.Cl. The number of amides is 1. The van der Waals surface area contributed by atoms with Crippen molar-refractivity contribution in [3.05, 3.63) is 29.8 Å². The highest BCUT2D eigenvalue weighted by molar-refractivity contribution is 5.96. The van der Waals surface area contributed by atoms with Crippen molar-refractivity contribution in [1.29, 1.82) is 0 Å². The lowest BCUT2D eigenvalue weighted by Crippen LogP contribution is -2.17. The van der Waals surface area contributed by atoms with Crippen LogP contribution < -0.4 is 11.1 Å². The van der Waals surface area contributed by atoms with E-state index in [0.29, 0.717) is 0 Å². The van der Waals surface area contributed by atoms with Gasteiger partial charge in [-0.3, -0.25) is 4.79 Å². The van der Waals surface area contributed by atoms with Gasteiger partial charge in [0.25, 0.3) is 0 Å². The summed E-state index contributed by atoms with van der Waals surface area (Å²) in [7, 11) is 0. The molecule has 1 aliphatic rings. The molecule has 1 amide bonds. The van der Waals surface area contributed by atoms with E-state index in [-0.39, 0.29) is 41.1 Å². The Balaban J connectivity index is 0.00000200. The molecule has 0 spiro atoms. The molecule has 1 saturated carbocycles. The first-order chi connectivity index (χ1) is 8.68. The fourth-order valence-electron chi connectivity index (χ4n) is 2.94. The molecule has 1 fully saturated rings. The van der Waals surface area contributed by atoms with Crippen molar-refractivity contribution in [2.75, 3.05) is 5.32 Å². The Hall–Kier alpha value is -1.06. The number of nitrogens with two attached hydrogens (primary N) is 1. The number of benzene rings is 1. The molecule has 0 bridgehead atoms. The van der Waals surface area contributed by atoms with Crippen LogP contribution >= 0.6 is 12.4 Å². The Labute approximate surface area is 127 Å². The van der Waals surface area contributed by atoms with Crippen LogP contribution in [0.5, 0.6) is 0 Å². The molecule has 1 aliphatic carbocycles. The van der Waals surface area contributed by atoms with Gasteiger partial charge in [0, 0.05) is 17.6 Å². The van der Waals surface area contributed by atoms with Crippen LogP contribution in [0.15, 0.2) is 24.3 Å². The number of halogens is 1. The second kappa shape index (κ2) is 5.38. The summed E-state index contributed by atoms with van der Waals surface area (Å²) in [5.41, 5.74) is 7.87. The lowest BCUT2D eigenvalue weighted by atomic mass is 10.0. The molecule has 3 N–H and O–H groups in total. The summed E-state index contributed by atoms with van der Waals surface area (Å²) in [5, 5.41) is 3.00. The number of rotatable bonds is 3. The molecule has 1 aromatic carbocycles. The van der Waals surface area contributed by atoms with Gasteiger partial charge in [-0.15, -0.1) is 12.4 Å². The van der Waals surface area contributed by atoms with Crippen molar-refractivity contribution >= 4 is 24.0 Å². The minimum atomic E-state index is 0. The van der Waals surface area contributed by atoms with Gasteiger partial charge in [-0.2, -0.15) is 0 Å². The summed E-state index contributed by atoms with van der Waals surface area (Å²) < 4.78 is 0. The van der Waals surface area contributed by atoms with Crippen molar-refractivity contribution in [3.63, 3.8) is 0 Å². The van der Waals surface area contributed by atoms with Crippen molar-refractivity contribution < 1.29 is 4.79 Å². The maximum absolute atomic E-state index is 12.3. The molecule has 3 nitrogen and oxygen atoms in total. The van der Waals surface area contributed by atoms with Crippen molar-refractivity contribution in [1.82, 2.24) is 0 Å². The number of hydrogen-bond acceptors (Lipinski definition) is 2. The largest absolute Gasteiger partial charge is 0.326 e. The molecule has 0 saturated heterocycles. The summed E-state index contributed by atoms with van der Waals surface area (Å²) in [4.78, 5) is 12.3. The maximum Gasteiger partial charge on any atom is 0.228 e. The van der Waals surface area contributed by atoms with Gasteiger partial charge in [0.15, 0.2) is 0 Å². The molecule has 1 unspecified atom stereocenters. The maximum atomic E-state index is 12.3. The van der Waals surface area contributed by atoms with E-state index in [1.165, 1.54) is 0 Å². The monoisotopic (exact) mass is 296 g/mol. The van der Waals surface area contributed by atoms with Gasteiger partial charge in [0.05, 0.1) is 0 Å². The Morgan fingerprint density at radius 1 is 1.15 bits per heavy atom. The zero-order valence-electron chi connectivity index (χ0n) is 12.9. The van der Waals surface area contributed by atoms with Gasteiger partial charge < -0.3 is 11.1 Å². The number of hydrogen-bond donors (Lipinski definition) is 2. The average molecular weight is 297 g/mol.